The number of aryl methyl sites for hydroxylation is 2. The van der Waals surface area contributed by atoms with E-state index in [1.807, 2.05) is 19.2 Å². The van der Waals surface area contributed by atoms with Gasteiger partial charge in [-0.3, -0.25) is 4.98 Å². The fraction of sp³-hybridized carbons (Fsp3) is 0.308. The molecule has 1 heterocycles. The molecule has 1 aromatic heterocycles. The van der Waals surface area contributed by atoms with Crippen molar-refractivity contribution in [3.05, 3.63) is 47.3 Å². The van der Waals surface area contributed by atoms with E-state index in [0.29, 0.717) is 0 Å². The lowest BCUT2D eigenvalue weighted by Crippen LogP contribution is -1.93. The summed E-state index contributed by atoms with van der Waals surface area (Å²) in [6.45, 7) is 10.0. The highest BCUT2D eigenvalue weighted by molar-refractivity contribution is 5.60. The normalized spacial score (nSPS) is 11.5. The highest BCUT2D eigenvalue weighted by Gasteiger charge is 2.01. The van der Waals surface area contributed by atoms with E-state index in [1.165, 1.54) is 16.7 Å². The van der Waals surface area contributed by atoms with Gasteiger partial charge in [0.2, 0.25) is 0 Å². The first-order chi connectivity index (χ1) is 6.69. The molecule has 0 fully saturated rings. The Morgan fingerprint density at radius 1 is 1.57 bits per heavy atom. The summed E-state index contributed by atoms with van der Waals surface area (Å²) in [5, 5.41) is 0. The maximum atomic E-state index is 4.30. The second-order valence-electron chi connectivity index (χ2n) is 3.42. The van der Waals surface area contributed by atoms with Gasteiger partial charge >= 0.3 is 0 Å². The number of rotatable bonds is 3. The third-order valence-corrected chi connectivity index (χ3v) is 2.35. The molecule has 1 nitrogen and oxygen atoms in total. The predicted octanol–water partition coefficient (Wildman–Crippen LogP) is 3.54. The average molecular weight is 187 g/mol. The maximum absolute atomic E-state index is 4.30. The van der Waals surface area contributed by atoms with Gasteiger partial charge in [0, 0.05) is 11.9 Å². The fourth-order valence-corrected chi connectivity index (χ4v) is 1.42. The summed E-state index contributed by atoms with van der Waals surface area (Å²) in [6, 6.07) is 2.08. The Bertz CT molecular complexity index is 361. The van der Waals surface area contributed by atoms with Crippen LogP contribution in [-0.2, 0) is 6.42 Å². The molecule has 0 bridgehead atoms. The zero-order valence-electron chi connectivity index (χ0n) is 9.17. The summed E-state index contributed by atoms with van der Waals surface area (Å²) < 4.78 is 0. The molecule has 0 aliphatic heterocycles. The highest BCUT2D eigenvalue weighted by Crippen LogP contribution is 2.16. The van der Waals surface area contributed by atoms with Gasteiger partial charge in [-0.05, 0) is 43.5 Å². The summed E-state index contributed by atoms with van der Waals surface area (Å²) in [5.41, 5.74) is 4.85. The van der Waals surface area contributed by atoms with Crippen molar-refractivity contribution in [1.29, 1.82) is 0 Å². The second-order valence-corrected chi connectivity index (χ2v) is 3.42. The van der Waals surface area contributed by atoms with Gasteiger partial charge in [0.1, 0.15) is 0 Å². The summed E-state index contributed by atoms with van der Waals surface area (Å²) >= 11 is 0. The van der Waals surface area contributed by atoms with Gasteiger partial charge in [-0.2, -0.15) is 0 Å². The molecule has 0 saturated heterocycles. The van der Waals surface area contributed by atoms with E-state index in [9.17, 15) is 0 Å². The first-order valence-electron chi connectivity index (χ1n) is 4.94. The van der Waals surface area contributed by atoms with Gasteiger partial charge in [-0.15, -0.1) is 0 Å². The predicted molar refractivity (Wildman–Crippen MR) is 62.2 cm³/mol. The topological polar surface area (TPSA) is 12.9 Å². The summed E-state index contributed by atoms with van der Waals surface area (Å²) in [5.74, 6) is 0. The standard InChI is InChI=1S/C13H17N/c1-5-10(3)9-13-11(4)14-8-7-12(13)6-2/h5,7-9H,1,6H2,2-4H3/b10-9-. The molecule has 0 unspecified atom stereocenters. The van der Waals surface area contributed by atoms with Crippen molar-refractivity contribution in [2.45, 2.75) is 27.2 Å². The highest BCUT2D eigenvalue weighted by atomic mass is 14.7. The lowest BCUT2D eigenvalue weighted by Gasteiger charge is -2.06. The quantitative estimate of drug-likeness (QED) is 0.659. The number of nitrogens with zero attached hydrogens (tertiary/aromatic N) is 1. The van der Waals surface area contributed by atoms with E-state index in [0.717, 1.165) is 12.1 Å². The van der Waals surface area contributed by atoms with Gasteiger partial charge in [-0.25, -0.2) is 0 Å². The van der Waals surface area contributed by atoms with Crippen LogP contribution in [0.1, 0.15) is 30.7 Å². The van der Waals surface area contributed by atoms with Crippen LogP contribution in [0.5, 0.6) is 0 Å². The molecule has 0 saturated carbocycles. The molecule has 0 radical (unpaired) electrons. The minimum Gasteiger partial charge on any atom is -0.261 e. The van der Waals surface area contributed by atoms with Crippen LogP contribution in [0.2, 0.25) is 0 Å². The molecule has 1 heteroatoms. The van der Waals surface area contributed by atoms with E-state index in [4.69, 9.17) is 0 Å². The smallest absolute Gasteiger partial charge is 0.0447 e. The third kappa shape index (κ3) is 2.32. The van der Waals surface area contributed by atoms with Crippen molar-refractivity contribution < 1.29 is 0 Å². The SMILES string of the molecule is C=C/C(C)=C\c1c(CC)ccnc1C. The molecule has 0 aromatic carbocycles. The summed E-state index contributed by atoms with van der Waals surface area (Å²) in [7, 11) is 0. The minimum atomic E-state index is 1.04. The monoisotopic (exact) mass is 187 g/mol. The van der Waals surface area contributed by atoms with Crippen LogP contribution < -0.4 is 0 Å². The van der Waals surface area contributed by atoms with Gasteiger partial charge in [-0.1, -0.05) is 25.2 Å². The van der Waals surface area contributed by atoms with Crippen molar-refractivity contribution in [2.75, 3.05) is 0 Å². The first kappa shape index (κ1) is 10.7. The number of allylic oxidation sites excluding steroid dienone is 2. The van der Waals surface area contributed by atoms with Crippen LogP contribution in [0, 0.1) is 6.92 Å². The van der Waals surface area contributed by atoms with E-state index >= 15 is 0 Å². The van der Waals surface area contributed by atoms with Crippen molar-refractivity contribution >= 4 is 6.08 Å². The Hall–Kier alpha value is -1.37. The zero-order valence-corrected chi connectivity index (χ0v) is 9.17. The molecule has 1 aromatic rings. The Morgan fingerprint density at radius 2 is 2.29 bits per heavy atom. The van der Waals surface area contributed by atoms with Gasteiger partial charge < -0.3 is 0 Å². The van der Waals surface area contributed by atoms with Crippen LogP contribution >= 0.6 is 0 Å². The Morgan fingerprint density at radius 3 is 2.86 bits per heavy atom. The molecule has 0 aliphatic carbocycles. The van der Waals surface area contributed by atoms with Gasteiger partial charge in [0.05, 0.1) is 0 Å². The van der Waals surface area contributed by atoms with Crippen LogP contribution in [0.4, 0.5) is 0 Å². The lowest BCUT2D eigenvalue weighted by atomic mass is 10.0. The van der Waals surface area contributed by atoms with Crippen LogP contribution in [0.15, 0.2) is 30.5 Å². The lowest BCUT2D eigenvalue weighted by molar-refractivity contribution is 1.08. The van der Waals surface area contributed by atoms with Crippen molar-refractivity contribution in [3.63, 3.8) is 0 Å². The van der Waals surface area contributed by atoms with E-state index in [-0.39, 0.29) is 0 Å². The van der Waals surface area contributed by atoms with Crippen LogP contribution in [0.25, 0.3) is 6.08 Å². The molecular weight excluding hydrogens is 170 g/mol. The molecule has 0 N–H and O–H groups in total. The zero-order chi connectivity index (χ0) is 10.6. The number of hydrogen-bond acceptors (Lipinski definition) is 1. The molecule has 0 amide bonds. The van der Waals surface area contributed by atoms with Gasteiger partial charge in [0.25, 0.3) is 0 Å². The maximum Gasteiger partial charge on any atom is 0.0447 e. The van der Waals surface area contributed by atoms with Crippen LogP contribution in [0.3, 0.4) is 0 Å². The number of pyridine rings is 1. The van der Waals surface area contributed by atoms with E-state index in [1.54, 1.807) is 0 Å². The Labute approximate surface area is 86.2 Å². The largest absolute Gasteiger partial charge is 0.261 e. The summed E-state index contributed by atoms with van der Waals surface area (Å²) in [4.78, 5) is 4.30. The number of hydrogen-bond donors (Lipinski definition) is 0. The minimum absolute atomic E-state index is 1.04. The molecule has 74 valence electrons. The Balaban J connectivity index is 3.24. The molecule has 1 rings (SSSR count). The van der Waals surface area contributed by atoms with Crippen molar-refractivity contribution in [2.24, 2.45) is 0 Å². The first-order valence-corrected chi connectivity index (χ1v) is 4.94. The molecule has 14 heavy (non-hydrogen) atoms. The van der Waals surface area contributed by atoms with Crippen LogP contribution in [-0.4, -0.2) is 4.98 Å². The Kier molecular flexibility index (Phi) is 3.63. The molecule has 0 atom stereocenters. The average Bonchev–Trinajstić information content (AvgIpc) is 2.20. The molecule has 0 spiro atoms. The molecular formula is C13H17N. The van der Waals surface area contributed by atoms with Gasteiger partial charge in [0.15, 0.2) is 0 Å². The number of aromatic nitrogens is 1. The van der Waals surface area contributed by atoms with E-state index in [2.05, 4.69) is 37.6 Å². The van der Waals surface area contributed by atoms with Crippen molar-refractivity contribution in [3.8, 4) is 0 Å². The third-order valence-electron chi connectivity index (χ3n) is 2.35. The second kappa shape index (κ2) is 4.75. The molecule has 0 aliphatic rings. The van der Waals surface area contributed by atoms with E-state index < -0.39 is 0 Å². The fourth-order valence-electron chi connectivity index (χ4n) is 1.42. The summed E-state index contributed by atoms with van der Waals surface area (Å²) in [6.07, 6.45) is 6.93. The van der Waals surface area contributed by atoms with Crippen molar-refractivity contribution in [1.82, 2.24) is 4.98 Å².